The summed E-state index contributed by atoms with van der Waals surface area (Å²) < 4.78 is 13.4. The highest BCUT2D eigenvalue weighted by Crippen LogP contribution is 2.59. The maximum absolute atomic E-state index is 14.1. The van der Waals surface area contributed by atoms with Gasteiger partial charge in [0.15, 0.2) is 12.2 Å². The molecule has 0 saturated heterocycles. The third kappa shape index (κ3) is 7.18. The predicted octanol–water partition coefficient (Wildman–Crippen LogP) is 11.1. The van der Waals surface area contributed by atoms with Crippen LogP contribution in [0.25, 0.3) is 0 Å². The van der Waals surface area contributed by atoms with E-state index in [1.54, 1.807) is 24.3 Å². The van der Waals surface area contributed by atoms with Crippen LogP contribution in [-0.4, -0.2) is 24.1 Å². The Morgan fingerprint density at radius 3 is 0.980 bits per heavy atom. The Bertz CT molecular complexity index is 1560. The molecular weight excluding hydrogens is 617 g/mol. The van der Waals surface area contributed by atoms with Crippen molar-refractivity contribution in [1.29, 1.82) is 0 Å². The molecule has 4 aromatic rings. The smallest absolute Gasteiger partial charge is 0.338 e. The van der Waals surface area contributed by atoms with Gasteiger partial charge >= 0.3 is 11.9 Å². The molecule has 0 saturated carbocycles. The van der Waals surface area contributed by atoms with Crippen molar-refractivity contribution in [1.82, 2.24) is 0 Å². The fourth-order valence-corrected chi connectivity index (χ4v) is 8.39. The number of ether oxygens (including phenoxy) is 2. The van der Waals surface area contributed by atoms with Crippen LogP contribution in [-0.2, 0) is 35.2 Å². The Morgan fingerprint density at radius 1 is 0.440 bits per heavy atom. The lowest BCUT2D eigenvalue weighted by Crippen LogP contribution is -2.52. The third-order valence-electron chi connectivity index (χ3n) is 10.9. The van der Waals surface area contributed by atoms with E-state index in [0.717, 1.165) is 77.0 Å². The second kappa shape index (κ2) is 16.7. The molecule has 0 amide bonds. The SMILES string of the molecule is CCCCc1ccc(CCCC)c2c1C1c3c(CCCC)ccc(CCCC)c3C2C(OC(=O)c2ccccc2)C1OC(=O)c1ccccc1. The Labute approximate surface area is 299 Å². The second-order valence-corrected chi connectivity index (χ2v) is 14.3. The van der Waals surface area contributed by atoms with Crippen LogP contribution in [0.1, 0.15) is 156 Å². The number of esters is 2. The van der Waals surface area contributed by atoms with Crippen molar-refractivity contribution >= 4 is 11.9 Å². The van der Waals surface area contributed by atoms with E-state index in [1.165, 1.54) is 44.5 Å². The third-order valence-corrected chi connectivity index (χ3v) is 10.9. The van der Waals surface area contributed by atoms with Crippen molar-refractivity contribution in [3.8, 4) is 0 Å². The molecule has 4 heteroatoms. The minimum Gasteiger partial charge on any atom is -0.454 e. The summed E-state index contributed by atoms with van der Waals surface area (Å²) in [7, 11) is 0. The fraction of sp³-hybridized carbons (Fsp3) is 0.435. The van der Waals surface area contributed by atoms with Crippen LogP contribution < -0.4 is 0 Å². The van der Waals surface area contributed by atoms with Crippen molar-refractivity contribution in [3.63, 3.8) is 0 Å². The second-order valence-electron chi connectivity index (χ2n) is 14.3. The van der Waals surface area contributed by atoms with Gasteiger partial charge in [-0.1, -0.05) is 114 Å². The van der Waals surface area contributed by atoms with Gasteiger partial charge in [-0.25, -0.2) is 9.59 Å². The average Bonchev–Trinajstić information content (AvgIpc) is 3.16. The highest BCUT2D eigenvalue weighted by Gasteiger charge is 2.56. The van der Waals surface area contributed by atoms with Gasteiger partial charge < -0.3 is 9.47 Å². The zero-order valence-electron chi connectivity index (χ0n) is 30.5. The molecule has 0 aromatic heterocycles. The molecule has 0 radical (unpaired) electrons. The highest BCUT2D eigenvalue weighted by atomic mass is 16.6. The van der Waals surface area contributed by atoms with Gasteiger partial charge in [-0.15, -0.1) is 0 Å². The number of carbonyl (C=O) groups is 2. The summed E-state index contributed by atoms with van der Waals surface area (Å²) in [4.78, 5) is 28.2. The number of aryl methyl sites for hydroxylation is 4. The largest absolute Gasteiger partial charge is 0.454 e. The molecule has 0 heterocycles. The fourth-order valence-electron chi connectivity index (χ4n) is 8.39. The molecule has 3 aliphatic carbocycles. The lowest BCUT2D eigenvalue weighted by atomic mass is 9.56. The van der Waals surface area contributed by atoms with E-state index >= 15 is 0 Å². The zero-order chi connectivity index (χ0) is 35.0. The minimum atomic E-state index is -0.663. The van der Waals surface area contributed by atoms with Gasteiger partial charge in [-0.2, -0.15) is 0 Å². The summed E-state index contributed by atoms with van der Waals surface area (Å²) in [6, 6.07) is 27.9. The van der Waals surface area contributed by atoms with E-state index in [-0.39, 0.29) is 23.8 Å². The number of unbranched alkanes of at least 4 members (excludes halogenated alkanes) is 4. The van der Waals surface area contributed by atoms with Gasteiger partial charge in [0.1, 0.15) is 0 Å². The molecule has 0 aliphatic heterocycles. The van der Waals surface area contributed by atoms with E-state index in [4.69, 9.17) is 9.47 Å². The average molecular weight is 671 g/mol. The van der Waals surface area contributed by atoms with Gasteiger partial charge in [0.2, 0.25) is 0 Å². The van der Waals surface area contributed by atoms with Crippen LogP contribution in [0.4, 0.5) is 0 Å². The van der Waals surface area contributed by atoms with Gasteiger partial charge in [0, 0.05) is 0 Å². The van der Waals surface area contributed by atoms with Crippen LogP contribution in [0.5, 0.6) is 0 Å². The molecule has 7 rings (SSSR count). The summed E-state index contributed by atoms with van der Waals surface area (Å²) in [5.74, 6) is -1.20. The molecule has 3 aliphatic rings. The molecule has 50 heavy (non-hydrogen) atoms. The van der Waals surface area contributed by atoms with Crippen LogP contribution in [0.15, 0.2) is 84.9 Å². The molecule has 0 spiro atoms. The summed E-state index contributed by atoms with van der Waals surface area (Å²) >= 11 is 0. The standard InChI is InChI=1S/C46H54O4/c1-5-9-19-31-27-28-32(20-10-6-2)38-37(31)41-39-33(21-11-7-3)29-30-34(22-12-8-4)40(39)42(38)44(50-46(48)36-25-17-14-18-26-36)43(41)49-45(47)35-23-15-13-16-24-35/h13-18,23-30,41-44H,5-12,19-22H2,1-4H3. The van der Waals surface area contributed by atoms with Crippen LogP contribution in [0, 0.1) is 0 Å². The molecule has 262 valence electrons. The van der Waals surface area contributed by atoms with Gasteiger partial charge in [-0.05, 0) is 120 Å². The first kappa shape index (κ1) is 35.6. The van der Waals surface area contributed by atoms with Gasteiger partial charge in [0.05, 0.1) is 23.0 Å². The van der Waals surface area contributed by atoms with Crippen LogP contribution in [0.2, 0.25) is 0 Å². The molecule has 0 fully saturated rings. The number of hydrogen-bond donors (Lipinski definition) is 0. The molecule has 2 bridgehead atoms. The Kier molecular flexibility index (Phi) is 11.9. The maximum atomic E-state index is 14.1. The topological polar surface area (TPSA) is 52.6 Å². The summed E-state index contributed by atoms with van der Waals surface area (Å²) in [5.41, 5.74) is 11.7. The van der Waals surface area contributed by atoms with Gasteiger partial charge in [-0.3, -0.25) is 0 Å². The van der Waals surface area contributed by atoms with Crippen molar-refractivity contribution in [2.24, 2.45) is 0 Å². The minimum absolute atomic E-state index is 0.229. The molecule has 0 N–H and O–H groups in total. The van der Waals surface area contributed by atoms with Crippen LogP contribution >= 0.6 is 0 Å². The van der Waals surface area contributed by atoms with E-state index in [9.17, 15) is 9.59 Å². The normalized spacial score (nSPS) is 18.7. The van der Waals surface area contributed by atoms with Crippen molar-refractivity contribution < 1.29 is 19.1 Å². The van der Waals surface area contributed by atoms with Crippen molar-refractivity contribution in [3.05, 3.63) is 141 Å². The monoisotopic (exact) mass is 670 g/mol. The lowest BCUT2D eigenvalue weighted by Gasteiger charge is -2.52. The lowest BCUT2D eigenvalue weighted by molar-refractivity contribution is -0.0562. The van der Waals surface area contributed by atoms with E-state index in [2.05, 4.69) is 52.0 Å². The summed E-state index contributed by atoms with van der Waals surface area (Å²) in [6.45, 7) is 8.98. The van der Waals surface area contributed by atoms with Crippen molar-refractivity contribution in [2.75, 3.05) is 0 Å². The summed E-state index contributed by atoms with van der Waals surface area (Å²) in [5, 5.41) is 0. The molecule has 2 unspecified atom stereocenters. The van der Waals surface area contributed by atoms with Crippen molar-refractivity contribution in [2.45, 2.75) is 129 Å². The first-order chi connectivity index (χ1) is 24.5. The number of carbonyl (C=O) groups excluding carboxylic acids is 2. The quantitative estimate of drug-likeness (QED) is 0.111. The Balaban J connectivity index is 1.64. The molecule has 4 aromatic carbocycles. The highest BCUT2D eigenvalue weighted by molar-refractivity contribution is 5.91. The maximum Gasteiger partial charge on any atom is 0.338 e. The Morgan fingerprint density at radius 2 is 0.720 bits per heavy atom. The first-order valence-electron chi connectivity index (χ1n) is 19.3. The summed E-state index contributed by atoms with van der Waals surface area (Å²) in [6.07, 6.45) is 11.3. The van der Waals surface area contributed by atoms with E-state index in [1.807, 2.05) is 36.4 Å². The number of rotatable bonds is 16. The number of fused-ring (bicyclic) bond motifs is 1. The Hall–Kier alpha value is -4.18. The van der Waals surface area contributed by atoms with E-state index in [0.29, 0.717) is 11.1 Å². The molecule has 2 atom stereocenters. The molecular formula is C46H54O4. The number of benzene rings is 4. The predicted molar refractivity (Wildman–Crippen MR) is 202 cm³/mol. The van der Waals surface area contributed by atoms with Gasteiger partial charge in [0.25, 0.3) is 0 Å². The van der Waals surface area contributed by atoms with Crippen LogP contribution in [0.3, 0.4) is 0 Å². The first-order valence-corrected chi connectivity index (χ1v) is 19.3. The van der Waals surface area contributed by atoms with E-state index < -0.39 is 12.2 Å². The number of hydrogen-bond acceptors (Lipinski definition) is 4. The zero-order valence-corrected chi connectivity index (χ0v) is 30.5. The molecule has 4 nitrogen and oxygen atoms in total.